The van der Waals surface area contributed by atoms with Crippen molar-refractivity contribution in [2.24, 2.45) is 47.3 Å². The van der Waals surface area contributed by atoms with E-state index in [2.05, 4.69) is 98.7 Å². The number of aryl methyl sites for hydroxylation is 3. The van der Waals surface area contributed by atoms with Crippen LogP contribution in [0.15, 0.2) is 36.4 Å². The third kappa shape index (κ3) is 5.16. The topological polar surface area (TPSA) is 60.7 Å². The van der Waals surface area contributed by atoms with E-state index in [0.29, 0.717) is 64.6 Å². The molecule has 278 valence electrons. The van der Waals surface area contributed by atoms with Gasteiger partial charge in [-0.15, -0.1) is 0 Å². The van der Waals surface area contributed by atoms with Gasteiger partial charge in [0.15, 0.2) is 0 Å². The monoisotopic (exact) mass is 700 g/mol. The summed E-state index contributed by atoms with van der Waals surface area (Å²) in [7, 11) is 0. The van der Waals surface area contributed by atoms with Crippen LogP contribution in [0.4, 0.5) is 0 Å². The summed E-state index contributed by atoms with van der Waals surface area (Å²) in [6.45, 7) is 19.9. The van der Waals surface area contributed by atoms with Crippen LogP contribution >= 0.6 is 0 Å². The van der Waals surface area contributed by atoms with Crippen LogP contribution in [0.5, 0.6) is 17.2 Å². The fraction of sp³-hybridized carbons (Fsp3) is 0.633. The molecule has 0 radical (unpaired) electrons. The molecule has 0 aromatic heterocycles. The van der Waals surface area contributed by atoms with Crippen LogP contribution in [-0.2, 0) is 10.8 Å². The lowest BCUT2D eigenvalue weighted by molar-refractivity contribution is 0.209. The van der Waals surface area contributed by atoms with Crippen LogP contribution in [0.3, 0.4) is 0 Å². The van der Waals surface area contributed by atoms with Crippen LogP contribution in [0.25, 0.3) is 0 Å². The Labute approximate surface area is 313 Å². The highest BCUT2D eigenvalue weighted by molar-refractivity contribution is 5.53. The van der Waals surface area contributed by atoms with Gasteiger partial charge in [0.1, 0.15) is 17.2 Å². The first-order valence-electron chi connectivity index (χ1n) is 21.0. The Morgan fingerprint density at radius 1 is 0.423 bits per heavy atom. The lowest BCUT2D eigenvalue weighted by Gasteiger charge is -2.38. The maximum atomic E-state index is 12.5. The summed E-state index contributed by atoms with van der Waals surface area (Å²) in [6, 6.07) is 13.7. The lowest BCUT2D eigenvalue weighted by atomic mass is 9.67. The molecule has 12 atom stereocenters. The molecular formula is C49H64O3. The Kier molecular flexibility index (Phi) is 7.88. The van der Waals surface area contributed by atoms with Gasteiger partial charge in [0.2, 0.25) is 0 Å². The zero-order chi connectivity index (χ0) is 36.8. The molecular weight excluding hydrogens is 637 g/mol. The van der Waals surface area contributed by atoms with Gasteiger partial charge >= 0.3 is 0 Å². The summed E-state index contributed by atoms with van der Waals surface area (Å²) < 4.78 is 0. The van der Waals surface area contributed by atoms with Gasteiger partial charge in [-0.1, -0.05) is 94.6 Å². The largest absolute Gasteiger partial charge is 0.507 e. The van der Waals surface area contributed by atoms with E-state index in [0.717, 1.165) is 34.8 Å². The summed E-state index contributed by atoms with van der Waals surface area (Å²) in [5.41, 5.74) is 10.6. The van der Waals surface area contributed by atoms with Gasteiger partial charge in [-0.05, 0) is 187 Å². The molecule has 0 aliphatic heterocycles. The molecule has 6 fully saturated rings. The van der Waals surface area contributed by atoms with E-state index in [1.54, 1.807) is 0 Å². The molecule has 3 N–H and O–H groups in total. The number of phenolic OH excluding ortho intramolecular Hbond substituents is 3. The number of hydrogen-bond donors (Lipinski definition) is 3. The molecule has 6 aliphatic rings. The molecule has 6 saturated carbocycles. The number of rotatable bonds is 4. The predicted molar refractivity (Wildman–Crippen MR) is 212 cm³/mol. The molecule has 0 saturated heterocycles. The Balaban J connectivity index is 1.04. The van der Waals surface area contributed by atoms with E-state index in [9.17, 15) is 15.3 Å². The summed E-state index contributed by atoms with van der Waals surface area (Å²) in [5, 5.41) is 36.0. The number of fused-ring (bicyclic) bond motifs is 10. The first-order chi connectivity index (χ1) is 24.5. The highest BCUT2D eigenvalue weighted by Crippen LogP contribution is 2.71. The second kappa shape index (κ2) is 11.8. The van der Waals surface area contributed by atoms with Crippen molar-refractivity contribution < 1.29 is 15.3 Å². The zero-order valence-electron chi connectivity index (χ0n) is 33.4. The maximum absolute atomic E-state index is 12.5. The molecule has 3 aromatic carbocycles. The van der Waals surface area contributed by atoms with Gasteiger partial charge in [-0.3, -0.25) is 0 Å². The predicted octanol–water partition coefficient (Wildman–Crippen LogP) is 12.2. The van der Waals surface area contributed by atoms with Gasteiger partial charge in [0.05, 0.1) is 0 Å². The van der Waals surface area contributed by atoms with Crippen molar-refractivity contribution in [1.82, 2.24) is 0 Å². The van der Waals surface area contributed by atoms with Crippen molar-refractivity contribution in [3.8, 4) is 17.2 Å². The SMILES string of the molecule is Cc1cc(C2CCC3C2[C@@H]2C[C@H]3CC2c2cc(C)cc(C(C)(C)C)c2O)c(O)c(C2C[C@@H]3C[C@H]2C2C(c4cc(C)cc(C(C)(C)C)c4O)CCC23)c1. The smallest absolute Gasteiger partial charge is 0.122 e. The molecule has 3 aromatic rings. The van der Waals surface area contributed by atoms with Gasteiger partial charge in [-0.25, -0.2) is 0 Å². The maximum Gasteiger partial charge on any atom is 0.122 e. The first kappa shape index (κ1) is 34.8. The Morgan fingerprint density at radius 2 is 0.769 bits per heavy atom. The lowest BCUT2D eigenvalue weighted by Crippen LogP contribution is -2.28. The molecule has 6 aliphatic carbocycles. The fourth-order valence-electron chi connectivity index (χ4n) is 14.4. The van der Waals surface area contributed by atoms with Crippen molar-refractivity contribution in [2.75, 3.05) is 0 Å². The molecule has 3 nitrogen and oxygen atoms in total. The summed E-state index contributed by atoms with van der Waals surface area (Å²) >= 11 is 0. The van der Waals surface area contributed by atoms with E-state index in [-0.39, 0.29) is 10.8 Å². The van der Waals surface area contributed by atoms with E-state index >= 15 is 0 Å². The molecule has 3 heteroatoms. The summed E-state index contributed by atoms with van der Waals surface area (Å²) in [5.74, 6) is 8.49. The van der Waals surface area contributed by atoms with Crippen LogP contribution in [-0.4, -0.2) is 15.3 Å². The molecule has 4 bridgehead atoms. The minimum Gasteiger partial charge on any atom is -0.507 e. The minimum atomic E-state index is -0.0995. The van der Waals surface area contributed by atoms with Crippen molar-refractivity contribution in [3.05, 3.63) is 86.5 Å². The molecule has 8 unspecified atom stereocenters. The first-order valence-corrected chi connectivity index (χ1v) is 21.0. The highest BCUT2D eigenvalue weighted by atomic mass is 16.3. The zero-order valence-corrected chi connectivity index (χ0v) is 33.4. The third-order valence-electron chi connectivity index (χ3n) is 16.1. The second-order valence-corrected chi connectivity index (χ2v) is 21.1. The van der Waals surface area contributed by atoms with Crippen molar-refractivity contribution >= 4 is 0 Å². The molecule has 0 amide bonds. The van der Waals surface area contributed by atoms with E-state index < -0.39 is 0 Å². The Hall–Kier alpha value is -2.94. The van der Waals surface area contributed by atoms with Crippen molar-refractivity contribution in [1.29, 1.82) is 0 Å². The quantitative estimate of drug-likeness (QED) is 0.254. The van der Waals surface area contributed by atoms with Crippen LogP contribution in [0, 0.1) is 68.1 Å². The number of aromatic hydroxyl groups is 3. The number of phenols is 3. The average Bonchev–Trinajstić information content (AvgIpc) is 3.90. The molecule has 0 spiro atoms. The van der Waals surface area contributed by atoms with Gasteiger partial charge < -0.3 is 15.3 Å². The van der Waals surface area contributed by atoms with E-state index in [4.69, 9.17) is 0 Å². The van der Waals surface area contributed by atoms with E-state index in [1.165, 1.54) is 90.3 Å². The summed E-state index contributed by atoms with van der Waals surface area (Å²) in [6.07, 6.45) is 9.83. The molecule has 0 heterocycles. The summed E-state index contributed by atoms with van der Waals surface area (Å²) in [4.78, 5) is 0. The van der Waals surface area contributed by atoms with Gasteiger partial charge in [0.25, 0.3) is 0 Å². The average molecular weight is 701 g/mol. The van der Waals surface area contributed by atoms with Crippen LogP contribution in [0.1, 0.15) is 167 Å². The number of benzene rings is 3. The van der Waals surface area contributed by atoms with Crippen molar-refractivity contribution in [2.45, 2.75) is 148 Å². The fourth-order valence-corrected chi connectivity index (χ4v) is 14.4. The van der Waals surface area contributed by atoms with Crippen LogP contribution in [0.2, 0.25) is 0 Å². The van der Waals surface area contributed by atoms with Gasteiger partial charge in [-0.2, -0.15) is 0 Å². The van der Waals surface area contributed by atoms with Gasteiger partial charge in [0, 0.05) is 0 Å². The van der Waals surface area contributed by atoms with E-state index in [1.807, 2.05) is 0 Å². The van der Waals surface area contributed by atoms with Crippen molar-refractivity contribution in [3.63, 3.8) is 0 Å². The second-order valence-electron chi connectivity index (χ2n) is 21.1. The third-order valence-corrected chi connectivity index (χ3v) is 16.1. The Morgan fingerprint density at radius 3 is 1.17 bits per heavy atom. The standard InChI is InChI=1S/C49H64O3/c1-24-14-37(31-12-10-29-28-21-34(36(23-28)43(29)31)40-17-26(3)19-42(47(40)52)49(7,8)9)45(50)39(15-24)33-20-27-22-35(33)44-30(27)11-13-32(44)38-16-25(2)18-41(46(38)51)48(4,5)6/h14-19,27-36,43-44,50-52H,10-13,20-23H2,1-9H3/t27-,28-,29?,30?,31?,32?,33?,34?,35-,36-,43?,44?/m1/s1. The molecule has 9 rings (SSSR count). The van der Waals surface area contributed by atoms with Crippen LogP contribution < -0.4 is 0 Å². The molecule has 52 heavy (non-hydrogen) atoms. The minimum absolute atomic E-state index is 0.0985. The Bertz CT molecular complexity index is 1920. The number of hydrogen-bond acceptors (Lipinski definition) is 3. The normalized spacial score (nSPS) is 36.2. The highest BCUT2D eigenvalue weighted by Gasteiger charge is 2.60.